The molecule has 0 fully saturated rings. The quantitative estimate of drug-likeness (QED) is 0.705. The Labute approximate surface area is 110 Å². The molecule has 0 aliphatic carbocycles. The van der Waals surface area contributed by atoms with Crippen molar-refractivity contribution in [3.05, 3.63) is 53.9 Å². The van der Waals surface area contributed by atoms with Gasteiger partial charge in [-0.05, 0) is 41.2 Å². The number of hydrogen-bond donors (Lipinski definition) is 0. The van der Waals surface area contributed by atoms with E-state index in [4.69, 9.17) is 0 Å². The van der Waals surface area contributed by atoms with Gasteiger partial charge in [0.1, 0.15) is 0 Å². The fourth-order valence-corrected chi connectivity index (χ4v) is 2.22. The summed E-state index contributed by atoms with van der Waals surface area (Å²) in [5, 5.41) is 0. The molecule has 0 saturated heterocycles. The summed E-state index contributed by atoms with van der Waals surface area (Å²) in [6.45, 7) is 11.2. The van der Waals surface area contributed by atoms with Gasteiger partial charge < -0.3 is 4.57 Å². The standard InChI is InChI=1S/C17H23N/c1-13(2)16-7-6-12-18(16)15-10-8-14(9-11-15)17(3,4)5/h6-13H,1-5H3. The van der Waals surface area contributed by atoms with Crippen molar-refractivity contribution in [1.82, 2.24) is 4.57 Å². The molecule has 2 rings (SSSR count). The Morgan fingerprint density at radius 3 is 2.06 bits per heavy atom. The molecular weight excluding hydrogens is 218 g/mol. The summed E-state index contributed by atoms with van der Waals surface area (Å²) >= 11 is 0. The highest BCUT2D eigenvalue weighted by Crippen LogP contribution is 2.25. The molecule has 18 heavy (non-hydrogen) atoms. The fourth-order valence-electron chi connectivity index (χ4n) is 2.22. The molecule has 0 aliphatic heterocycles. The third kappa shape index (κ3) is 2.50. The van der Waals surface area contributed by atoms with E-state index in [0.717, 1.165) is 0 Å². The minimum Gasteiger partial charge on any atom is -0.321 e. The van der Waals surface area contributed by atoms with Crippen LogP contribution in [0.4, 0.5) is 0 Å². The molecule has 2 aromatic rings. The number of nitrogens with zero attached hydrogens (tertiary/aromatic N) is 1. The van der Waals surface area contributed by atoms with E-state index in [0.29, 0.717) is 5.92 Å². The third-order valence-corrected chi connectivity index (χ3v) is 3.38. The van der Waals surface area contributed by atoms with Crippen molar-refractivity contribution in [2.75, 3.05) is 0 Å². The third-order valence-electron chi connectivity index (χ3n) is 3.38. The highest BCUT2D eigenvalue weighted by Gasteiger charge is 2.13. The monoisotopic (exact) mass is 241 g/mol. The van der Waals surface area contributed by atoms with Crippen molar-refractivity contribution >= 4 is 0 Å². The van der Waals surface area contributed by atoms with Crippen molar-refractivity contribution in [3.63, 3.8) is 0 Å². The molecular formula is C17H23N. The van der Waals surface area contributed by atoms with Crippen LogP contribution in [-0.4, -0.2) is 4.57 Å². The van der Waals surface area contributed by atoms with Gasteiger partial charge in [0.15, 0.2) is 0 Å². The van der Waals surface area contributed by atoms with Crippen LogP contribution in [-0.2, 0) is 5.41 Å². The average molecular weight is 241 g/mol. The van der Waals surface area contributed by atoms with Gasteiger partial charge in [-0.25, -0.2) is 0 Å². The molecule has 1 nitrogen and oxygen atoms in total. The van der Waals surface area contributed by atoms with E-state index in [1.54, 1.807) is 0 Å². The zero-order valence-electron chi connectivity index (χ0n) is 12.1. The van der Waals surface area contributed by atoms with Crippen LogP contribution in [0.1, 0.15) is 51.8 Å². The van der Waals surface area contributed by atoms with Gasteiger partial charge in [-0.15, -0.1) is 0 Å². The summed E-state index contributed by atoms with van der Waals surface area (Å²) in [7, 11) is 0. The first kappa shape index (κ1) is 12.9. The Kier molecular flexibility index (Phi) is 3.34. The summed E-state index contributed by atoms with van der Waals surface area (Å²) in [6.07, 6.45) is 2.14. The van der Waals surface area contributed by atoms with Crippen LogP contribution in [0.15, 0.2) is 42.6 Å². The predicted octanol–water partition coefficient (Wildman–Crippen LogP) is 4.90. The molecule has 0 aliphatic rings. The number of rotatable bonds is 2. The molecule has 1 heteroatoms. The van der Waals surface area contributed by atoms with Crippen LogP contribution < -0.4 is 0 Å². The molecule has 0 amide bonds. The van der Waals surface area contributed by atoms with Crippen molar-refractivity contribution in [2.24, 2.45) is 0 Å². The van der Waals surface area contributed by atoms with E-state index in [9.17, 15) is 0 Å². The second-order valence-electron chi connectivity index (χ2n) is 6.25. The SMILES string of the molecule is CC(C)c1cccn1-c1ccc(C(C)(C)C)cc1. The maximum absolute atomic E-state index is 2.27. The maximum Gasteiger partial charge on any atom is 0.0452 e. The van der Waals surface area contributed by atoms with Crippen LogP contribution in [0.25, 0.3) is 5.69 Å². The first-order chi connectivity index (χ1) is 8.39. The molecule has 0 radical (unpaired) electrons. The van der Waals surface area contributed by atoms with E-state index < -0.39 is 0 Å². The lowest BCUT2D eigenvalue weighted by molar-refractivity contribution is 0.590. The highest BCUT2D eigenvalue weighted by atomic mass is 15.0. The van der Waals surface area contributed by atoms with Gasteiger partial charge in [0.25, 0.3) is 0 Å². The lowest BCUT2D eigenvalue weighted by Gasteiger charge is -2.20. The molecule has 1 aromatic heterocycles. The topological polar surface area (TPSA) is 4.93 Å². The first-order valence-electron chi connectivity index (χ1n) is 6.68. The van der Waals surface area contributed by atoms with Crippen LogP contribution in [0.5, 0.6) is 0 Å². The zero-order valence-corrected chi connectivity index (χ0v) is 12.1. The van der Waals surface area contributed by atoms with Gasteiger partial charge in [0, 0.05) is 17.6 Å². The first-order valence-corrected chi connectivity index (χ1v) is 6.68. The largest absolute Gasteiger partial charge is 0.321 e. The zero-order chi connectivity index (χ0) is 13.3. The summed E-state index contributed by atoms with van der Waals surface area (Å²) in [6, 6.07) is 13.2. The lowest BCUT2D eigenvalue weighted by atomic mass is 9.87. The number of benzene rings is 1. The molecule has 1 aromatic carbocycles. The molecule has 96 valence electrons. The van der Waals surface area contributed by atoms with Gasteiger partial charge in [-0.1, -0.05) is 46.8 Å². The Bertz CT molecular complexity index is 509. The normalized spacial score (nSPS) is 12.1. The van der Waals surface area contributed by atoms with Gasteiger partial charge >= 0.3 is 0 Å². The van der Waals surface area contributed by atoms with Gasteiger partial charge in [-0.3, -0.25) is 0 Å². The van der Waals surface area contributed by atoms with E-state index in [1.165, 1.54) is 16.9 Å². The molecule has 0 spiro atoms. The smallest absolute Gasteiger partial charge is 0.0452 e. The van der Waals surface area contributed by atoms with E-state index in [2.05, 4.69) is 81.8 Å². The minimum absolute atomic E-state index is 0.218. The summed E-state index contributed by atoms with van der Waals surface area (Å²) in [5.41, 5.74) is 4.20. The second-order valence-corrected chi connectivity index (χ2v) is 6.25. The predicted molar refractivity (Wildman–Crippen MR) is 78.6 cm³/mol. The Morgan fingerprint density at radius 1 is 0.944 bits per heavy atom. The van der Waals surface area contributed by atoms with E-state index >= 15 is 0 Å². The summed E-state index contributed by atoms with van der Waals surface area (Å²) in [4.78, 5) is 0. The average Bonchev–Trinajstić information content (AvgIpc) is 2.77. The molecule has 0 N–H and O–H groups in total. The van der Waals surface area contributed by atoms with Crippen LogP contribution in [0.2, 0.25) is 0 Å². The van der Waals surface area contributed by atoms with Crippen molar-refractivity contribution in [1.29, 1.82) is 0 Å². The molecule has 0 saturated carbocycles. The Balaban J connectivity index is 2.38. The van der Waals surface area contributed by atoms with E-state index in [1.807, 2.05) is 0 Å². The van der Waals surface area contributed by atoms with Crippen LogP contribution >= 0.6 is 0 Å². The van der Waals surface area contributed by atoms with Gasteiger partial charge in [-0.2, -0.15) is 0 Å². The molecule has 0 bridgehead atoms. The molecule has 0 unspecified atom stereocenters. The molecule has 1 heterocycles. The summed E-state index contributed by atoms with van der Waals surface area (Å²) < 4.78 is 2.27. The van der Waals surface area contributed by atoms with Crippen LogP contribution in [0.3, 0.4) is 0 Å². The van der Waals surface area contributed by atoms with Crippen molar-refractivity contribution in [2.45, 2.75) is 46.0 Å². The van der Waals surface area contributed by atoms with Gasteiger partial charge in [0.05, 0.1) is 0 Å². The Hall–Kier alpha value is -1.50. The summed E-state index contributed by atoms with van der Waals surface area (Å²) in [5.74, 6) is 0.544. The number of hydrogen-bond acceptors (Lipinski definition) is 0. The minimum atomic E-state index is 0.218. The van der Waals surface area contributed by atoms with Crippen molar-refractivity contribution < 1.29 is 0 Å². The van der Waals surface area contributed by atoms with Crippen LogP contribution in [0, 0.1) is 0 Å². The fraction of sp³-hybridized carbons (Fsp3) is 0.412. The van der Waals surface area contributed by atoms with Gasteiger partial charge in [0.2, 0.25) is 0 Å². The second kappa shape index (κ2) is 4.64. The number of aromatic nitrogens is 1. The maximum atomic E-state index is 2.27. The Morgan fingerprint density at radius 2 is 1.56 bits per heavy atom. The molecule has 0 atom stereocenters. The highest BCUT2D eigenvalue weighted by molar-refractivity contribution is 5.39. The van der Waals surface area contributed by atoms with E-state index in [-0.39, 0.29) is 5.41 Å². The van der Waals surface area contributed by atoms with Crippen molar-refractivity contribution in [3.8, 4) is 5.69 Å². The lowest BCUT2D eigenvalue weighted by Crippen LogP contribution is -2.11.